The number of fused-ring (bicyclic) bond motifs is 3. The molecule has 0 radical (unpaired) electrons. The number of hydrogen-bond acceptors (Lipinski definition) is 7. The highest BCUT2D eigenvalue weighted by atomic mass is 16.2. The number of nitrogens with one attached hydrogen (secondary N) is 3. The van der Waals surface area contributed by atoms with Gasteiger partial charge in [0.25, 0.3) is 0 Å². The van der Waals surface area contributed by atoms with E-state index in [0.717, 1.165) is 35.5 Å². The molecule has 1 amide bonds. The smallest absolute Gasteiger partial charge is 0.243 e. The van der Waals surface area contributed by atoms with Crippen LogP contribution in [0.4, 0.5) is 5.95 Å². The average molecular weight is 417 g/mol. The molecule has 1 saturated heterocycles. The molecule has 10 nitrogen and oxygen atoms in total. The third-order valence-electron chi connectivity index (χ3n) is 5.78. The maximum absolute atomic E-state index is 12.4. The molecule has 10 heteroatoms. The molecule has 1 aliphatic carbocycles. The molecule has 2 aliphatic rings. The van der Waals surface area contributed by atoms with Crippen molar-refractivity contribution in [3.05, 3.63) is 36.7 Å². The first-order chi connectivity index (χ1) is 15.2. The van der Waals surface area contributed by atoms with E-state index in [4.69, 9.17) is 15.1 Å². The first kappa shape index (κ1) is 18.3. The van der Waals surface area contributed by atoms with Gasteiger partial charge in [0.2, 0.25) is 11.9 Å². The molecule has 2 fully saturated rings. The van der Waals surface area contributed by atoms with Gasteiger partial charge in [-0.2, -0.15) is 9.61 Å². The zero-order valence-corrected chi connectivity index (χ0v) is 17.0. The number of aromatic nitrogens is 6. The number of carbonyl (C=O) groups is 1. The molecule has 0 unspecified atom stereocenters. The van der Waals surface area contributed by atoms with Gasteiger partial charge in [-0.1, -0.05) is 12.1 Å². The van der Waals surface area contributed by atoms with Crippen molar-refractivity contribution < 1.29 is 4.79 Å². The molecule has 3 aromatic heterocycles. The van der Waals surface area contributed by atoms with Crippen molar-refractivity contribution in [1.82, 2.24) is 40.0 Å². The van der Waals surface area contributed by atoms with Crippen LogP contribution in [0.25, 0.3) is 27.9 Å². The molecule has 158 valence electrons. The summed E-state index contributed by atoms with van der Waals surface area (Å²) in [5.41, 5.74) is 2.36. The van der Waals surface area contributed by atoms with Crippen molar-refractivity contribution in [2.75, 3.05) is 25.0 Å². The molecule has 4 aromatic rings. The minimum atomic E-state index is -0.451. The Morgan fingerprint density at radius 3 is 2.97 bits per heavy atom. The Kier molecular flexibility index (Phi) is 4.30. The summed E-state index contributed by atoms with van der Waals surface area (Å²) in [6.45, 7) is 2.80. The normalized spacial score (nSPS) is 19.5. The minimum Gasteiger partial charge on any atom is -0.353 e. The average Bonchev–Trinajstić information content (AvgIpc) is 3.34. The summed E-state index contributed by atoms with van der Waals surface area (Å²) in [6, 6.07) is 7.37. The van der Waals surface area contributed by atoms with Crippen molar-refractivity contribution in [2.45, 2.75) is 25.4 Å². The van der Waals surface area contributed by atoms with Gasteiger partial charge in [-0.25, -0.2) is 9.97 Å². The van der Waals surface area contributed by atoms with Crippen LogP contribution >= 0.6 is 0 Å². The lowest BCUT2D eigenvalue weighted by Crippen LogP contribution is -2.42. The van der Waals surface area contributed by atoms with Crippen molar-refractivity contribution in [2.24, 2.45) is 5.92 Å². The SMILES string of the molecule is O=C1NCCNC[C@H]1Nc1nc2ccccc2c2nc(-c3cnn(CC4CC4)c3)nn12. The lowest BCUT2D eigenvalue weighted by atomic mass is 10.2. The summed E-state index contributed by atoms with van der Waals surface area (Å²) >= 11 is 0. The molecular formula is C21H23N9O. The van der Waals surface area contributed by atoms with Crippen LogP contribution in [0.1, 0.15) is 12.8 Å². The monoisotopic (exact) mass is 417 g/mol. The van der Waals surface area contributed by atoms with Crippen molar-refractivity contribution in [3.8, 4) is 11.4 Å². The van der Waals surface area contributed by atoms with Crippen LogP contribution in [0.3, 0.4) is 0 Å². The summed E-state index contributed by atoms with van der Waals surface area (Å²) in [5, 5.41) is 19.5. The Morgan fingerprint density at radius 2 is 2.06 bits per heavy atom. The maximum Gasteiger partial charge on any atom is 0.243 e. The van der Waals surface area contributed by atoms with E-state index >= 15 is 0 Å². The molecule has 1 aromatic carbocycles. The van der Waals surface area contributed by atoms with Gasteiger partial charge in [-0.05, 0) is 30.9 Å². The molecule has 1 saturated carbocycles. The summed E-state index contributed by atoms with van der Waals surface area (Å²) in [7, 11) is 0. The first-order valence-electron chi connectivity index (χ1n) is 10.7. The Balaban J connectivity index is 1.43. The molecular weight excluding hydrogens is 394 g/mol. The predicted molar refractivity (Wildman–Crippen MR) is 116 cm³/mol. The maximum atomic E-state index is 12.4. The van der Waals surface area contributed by atoms with Gasteiger partial charge in [0.1, 0.15) is 6.04 Å². The Morgan fingerprint density at radius 1 is 1.16 bits per heavy atom. The van der Waals surface area contributed by atoms with Crippen molar-refractivity contribution in [1.29, 1.82) is 0 Å². The van der Waals surface area contributed by atoms with Gasteiger partial charge >= 0.3 is 0 Å². The van der Waals surface area contributed by atoms with Gasteiger partial charge in [0.15, 0.2) is 11.5 Å². The number of anilines is 1. The number of amides is 1. The summed E-state index contributed by atoms with van der Waals surface area (Å²) in [6.07, 6.45) is 6.36. The molecule has 0 spiro atoms. The van der Waals surface area contributed by atoms with E-state index in [-0.39, 0.29) is 5.91 Å². The van der Waals surface area contributed by atoms with Gasteiger partial charge in [-0.3, -0.25) is 9.48 Å². The van der Waals surface area contributed by atoms with E-state index in [2.05, 4.69) is 21.0 Å². The second kappa shape index (κ2) is 7.31. The first-order valence-corrected chi connectivity index (χ1v) is 10.7. The summed E-state index contributed by atoms with van der Waals surface area (Å²) < 4.78 is 3.66. The third kappa shape index (κ3) is 3.48. The van der Waals surface area contributed by atoms with Crippen LogP contribution in [0.5, 0.6) is 0 Å². The van der Waals surface area contributed by atoms with Crippen LogP contribution in [0.2, 0.25) is 0 Å². The summed E-state index contributed by atoms with van der Waals surface area (Å²) in [5.74, 6) is 1.76. The highest BCUT2D eigenvalue weighted by molar-refractivity contribution is 5.93. The second-order valence-corrected chi connectivity index (χ2v) is 8.21. The van der Waals surface area contributed by atoms with E-state index in [0.29, 0.717) is 30.5 Å². The predicted octanol–water partition coefficient (Wildman–Crippen LogP) is 1.05. The van der Waals surface area contributed by atoms with Gasteiger partial charge in [0, 0.05) is 37.8 Å². The zero-order valence-electron chi connectivity index (χ0n) is 17.0. The van der Waals surface area contributed by atoms with Gasteiger partial charge < -0.3 is 16.0 Å². The fraction of sp³-hybridized carbons (Fsp3) is 0.381. The van der Waals surface area contributed by atoms with Crippen LogP contribution in [0.15, 0.2) is 36.7 Å². The zero-order chi connectivity index (χ0) is 20.8. The fourth-order valence-corrected chi connectivity index (χ4v) is 3.92. The highest BCUT2D eigenvalue weighted by Gasteiger charge is 2.24. The number of carbonyl (C=O) groups excluding carboxylic acids is 1. The van der Waals surface area contributed by atoms with Crippen LogP contribution in [-0.4, -0.2) is 60.9 Å². The lowest BCUT2D eigenvalue weighted by Gasteiger charge is -2.16. The number of benzene rings is 1. The number of rotatable bonds is 5. The lowest BCUT2D eigenvalue weighted by molar-refractivity contribution is -0.121. The van der Waals surface area contributed by atoms with E-state index in [1.165, 1.54) is 12.8 Å². The van der Waals surface area contributed by atoms with E-state index in [1.807, 2.05) is 41.3 Å². The molecule has 6 rings (SSSR count). The molecule has 31 heavy (non-hydrogen) atoms. The Hall–Kier alpha value is -3.53. The second-order valence-electron chi connectivity index (χ2n) is 8.21. The topological polar surface area (TPSA) is 114 Å². The van der Waals surface area contributed by atoms with E-state index in [1.54, 1.807) is 4.52 Å². The van der Waals surface area contributed by atoms with Gasteiger partial charge in [-0.15, -0.1) is 5.10 Å². The van der Waals surface area contributed by atoms with E-state index < -0.39 is 6.04 Å². The van der Waals surface area contributed by atoms with Gasteiger partial charge in [0.05, 0.1) is 17.3 Å². The van der Waals surface area contributed by atoms with Crippen LogP contribution in [-0.2, 0) is 11.3 Å². The highest BCUT2D eigenvalue weighted by Crippen LogP contribution is 2.31. The Bertz CT molecular complexity index is 1270. The standard InChI is InChI=1S/C21H23N9O/c31-20-17(10-22-7-8-23-20)26-21-25-16-4-2-1-3-15(16)19-27-18(28-30(19)21)14-9-24-29(12-14)11-13-5-6-13/h1-4,9,12-13,17,22H,5-8,10-11H2,(H,23,31)(H,25,26)/t17-/m1/s1. The molecule has 1 atom stereocenters. The van der Waals surface area contributed by atoms with Crippen LogP contribution in [0, 0.1) is 5.92 Å². The number of nitrogens with zero attached hydrogens (tertiary/aromatic N) is 6. The quantitative estimate of drug-likeness (QED) is 0.445. The van der Waals surface area contributed by atoms with E-state index in [9.17, 15) is 4.79 Å². The van der Waals surface area contributed by atoms with Crippen molar-refractivity contribution >= 4 is 28.4 Å². The molecule has 1 aliphatic heterocycles. The molecule has 0 bridgehead atoms. The molecule has 4 heterocycles. The van der Waals surface area contributed by atoms with Crippen LogP contribution < -0.4 is 16.0 Å². The fourth-order valence-electron chi connectivity index (χ4n) is 3.92. The number of hydrogen-bond donors (Lipinski definition) is 3. The summed E-state index contributed by atoms with van der Waals surface area (Å²) in [4.78, 5) is 22.0. The van der Waals surface area contributed by atoms with Crippen molar-refractivity contribution in [3.63, 3.8) is 0 Å². The number of para-hydroxylation sites is 1. The third-order valence-corrected chi connectivity index (χ3v) is 5.78. The minimum absolute atomic E-state index is 0.0604. The molecule has 3 N–H and O–H groups in total. The Labute approximate surface area is 178 Å². The largest absolute Gasteiger partial charge is 0.353 e.